The SMILES string of the molecule is CCCN(CCO)CCC(C)CCCl. The Kier molecular flexibility index (Phi) is 9.90. The molecule has 1 N–H and O–H groups in total. The van der Waals surface area contributed by atoms with Crippen molar-refractivity contribution in [3.63, 3.8) is 0 Å². The van der Waals surface area contributed by atoms with Crippen molar-refractivity contribution in [2.24, 2.45) is 5.92 Å². The van der Waals surface area contributed by atoms with Crippen LogP contribution in [0.4, 0.5) is 0 Å². The van der Waals surface area contributed by atoms with E-state index in [1.54, 1.807) is 0 Å². The van der Waals surface area contributed by atoms with Crippen LogP contribution in [0.5, 0.6) is 0 Å². The summed E-state index contributed by atoms with van der Waals surface area (Å²) in [6, 6.07) is 0. The Hall–Kier alpha value is 0.210. The minimum atomic E-state index is 0.268. The van der Waals surface area contributed by atoms with Crippen molar-refractivity contribution in [1.82, 2.24) is 4.90 Å². The number of alkyl halides is 1. The first-order chi connectivity index (χ1) is 6.74. The molecule has 3 heteroatoms. The maximum absolute atomic E-state index is 8.87. The second kappa shape index (κ2) is 9.75. The van der Waals surface area contributed by atoms with E-state index in [2.05, 4.69) is 18.7 Å². The molecule has 0 rings (SSSR count). The molecule has 0 aromatic heterocycles. The van der Waals surface area contributed by atoms with Gasteiger partial charge in [-0.2, -0.15) is 0 Å². The average molecular weight is 222 g/mol. The monoisotopic (exact) mass is 221 g/mol. The quantitative estimate of drug-likeness (QED) is 0.605. The van der Waals surface area contributed by atoms with Crippen LogP contribution in [0.15, 0.2) is 0 Å². The van der Waals surface area contributed by atoms with Gasteiger partial charge in [0.25, 0.3) is 0 Å². The highest BCUT2D eigenvalue weighted by Gasteiger charge is 2.06. The molecule has 0 fully saturated rings. The molecule has 86 valence electrons. The van der Waals surface area contributed by atoms with Crippen LogP contribution >= 0.6 is 11.6 Å². The summed E-state index contributed by atoms with van der Waals surface area (Å²) in [5, 5.41) is 8.87. The number of hydrogen-bond donors (Lipinski definition) is 1. The van der Waals surface area contributed by atoms with E-state index in [0.29, 0.717) is 5.92 Å². The van der Waals surface area contributed by atoms with E-state index in [0.717, 1.165) is 38.4 Å². The predicted octanol–water partition coefficient (Wildman–Crippen LogP) is 2.35. The molecule has 0 amide bonds. The maximum atomic E-state index is 8.87. The van der Waals surface area contributed by atoms with Gasteiger partial charge in [-0.15, -0.1) is 11.6 Å². The molecule has 0 heterocycles. The smallest absolute Gasteiger partial charge is 0.0558 e. The highest BCUT2D eigenvalue weighted by atomic mass is 35.5. The Bertz CT molecular complexity index is 116. The van der Waals surface area contributed by atoms with Gasteiger partial charge in [0.15, 0.2) is 0 Å². The van der Waals surface area contributed by atoms with Crippen LogP contribution in [0.2, 0.25) is 0 Å². The molecule has 2 nitrogen and oxygen atoms in total. The third-order valence-corrected chi connectivity index (χ3v) is 2.71. The third kappa shape index (κ3) is 7.60. The van der Waals surface area contributed by atoms with E-state index >= 15 is 0 Å². The summed E-state index contributed by atoms with van der Waals surface area (Å²) in [5.74, 6) is 1.46. The van der Waals surface area contributed by atoms with Gasteiger partial charge in [-0.1, -0.05) is 13.8 Å². The lowest BCUT2D eigenvalue weighted by Gasteiger charge is -2.22. The maximum Gasteiger partial charge on any atom is 0.0558 e. The predicted molar refractivity (Wildman–Crippen MR) is 62.9 cm³/mol. The topological polar surface area (TPSA) is 23.5 Å². The molecular weight excluding hydrogens is 198 g/mol. The van der Waals surface area contributed by atoms with E-state index in [1.807, 2.05) is 0 Å². The van der Waals surface area contributed by atoms with Crippen LogP contribution in [-0.2, 0) is 0 Å². The fourth-order valence-electron chi connectivity index (χ4n) is 1.53. The van der Waals surface area contributed by atoms with Crippen molar-refractivity contribution in [3.05, 3.63) is 0 Å². The van der Waals surface area contributed by atoms with E-state index in [9.17, 15) is 0 Å². The summed E-state index contributed by atoms with van der Waals surface area (Å²) in [7, 11) is 0. The van der Waals surface area contributed by atoms with Gasteiger partial charge in [-0.3, -0.25) is 0 Å². The highest BCUT2D eigenvalue weighted by Crippen LogP contribution is 2.09. The van der Waals surface area contributed by atoms with Crippen LogP contribution in [0.1, 0.15) is 33.1 Å². The summed E-state index contributed by atoms with van der Waals surface area (Å²) in [4.78, 5) is 2.32. The fraction of sp³-hybridized carbons (Fsp3) is 1.00. The first-order valence-electron chi connectivity index (χ1n) is 5.63. The summed E-state index contributed by atoms with van der Waals surface area (Å²) in [6.45, 7) is 7.67. The number of hydrogen-bond acceptors (Lipinski definition) is 2. The molecular formula is C11H24ClNO. The average Bonchev–Trinajstić information content (AvgIpc) is 2.15. The minimum absolute atomic E-state index is 0.268. The minimum Gasteiger partial charge on any atom is -0.395 e. The lowest BCUT2D eigenvalue weighted by atomic mass is 10.1. The largest absolute Gasteiger partial charge is 0.395 e. The summed E-state index contributed by atoms with van der Waals surface area (Å²) in [5.41, 5.74) is 0. The Morgan fingerprint density at radius 2 is 1.93 bits per heavy atom. The molecule has 0 aromatic rings. The lowest BCUT2D eigenvalue weighted by Crippen LogP contribution is -2.29. The van der Waals surface area contributed by atoms with Gasteiger partial charge in [0.2, 0.25) is 0 Å². The van der Waals surface area contributed by atoms with Gasteiger partial charge in [-0.25, -0.2) is 0 Å². The Morgan fingerprint density at radius 1 is 1.21 bits per heavy atom. The second-order valence-electron chi connectivity index (χ2n) is 3.94. The van der Waals surface area contributed by atoms with Crippen LogP contribution in [-0.4, -0.2) is 42.1 Å². The number of aliphatic hydroxyl groups excluding tert-OH is 1. The summed E-state index contributed by atoms with van der Waals surface area (Å²) >= 11 is 5.68. The van der Waals surface area contributed by atoms with Gasteiger partial charge in [-0.05, 0) is 38.3 Å². The molecule has 1 unspecified atom stereocenters. The molecule has 0 bridgehead atoms. The Balaban J connectivity index is 3.57. The van der Waals surface area contributed by atoms with E-state index in [1.165, 1.54) is 6.42 Å². The molecule has 14 heavy (non-hydrogen) atoms. The van der Waals surface area contributed by atoms with Crippen molar-refractivity contribution in [2.45, 2.75) is 33.1 Å². The van der Waals surface area contributed by atoms with Crippen molar-refractivity contribution in [2.75, 3.05) is 32.1 Å². The highest BCUT2D eigenvalue weighted by molar-refractivity contribution is 6.17. The molecule has 0 aliphatic carbocycles. The molecule has 0 radical (unpaired) electrons. The fourth-order valence-corrected chi connectivity index (χ4v) is 1.90. The molecule has 1 atom stereocenters. The Morgan fingerprint density at radius 3 is 2.43 bits per heavy atom. The zero-order valence-corrected chi connectivity index (χ0v) is 10.3. The molecule has 0 aliphatic rings. The van der Waals surface area contributed by atoms with Crippen LogP contribution in [0.25, 0.3) is 0 Å². The zero-order chi connectivity index (χ0) is 10.8. The van der Waals surface area contributed by atoms with E-state index in [4.69, 9.17) is 16.7 Å². The van der Waals surface area contributed by atoms with Crippen molar-refractivity contribution < 1.29 is 5.11 Å². The van der Waals surface area contributed by atoms with Gasteiger partial charge in [0, 0.05) is 12.4 Å². The number of aliphatic hydroxyl groups is 1. The molecule has 0 saturated carbocycles. The number of rotatable bonds is 9. The first-order valence-corrected chi connectivity index (χ1v) is 6.17. The van der Waals surface area contributed by atoms with Crippen molar-refractivity contribution in [3.8, 4) is 0 Å². The third-order valence-electron chi connectivity index (χ3n) is 2.50. The first kappa shape index (κ1) is 14.2. The number of nitrogens with zero attached hydrogens (tertiary/aromatic N) is 1. The zero-order valence-electron chi connectivity index (χ0n) is 9.51. The Labute approximate surface area is 93.2 Å². The van der Waals surface area contributed by atoms with E-state index < -0.39 is 0 Å². The normalized spacial score (nSPS) is 13.5. The van der Waals surface area contributed by atoms with Crippen LogP contribution in [0, 0.1) is 5.92 Å². The van der Waals surface area contributed by atoms with E-state index in [-0.39, 0.29) is 6.61 Å². The van der Waals surface area contributed by atoms with Gasteiger partial charge in [0.1, 0.15) is 0 Å². The van der Waals surface area contributed by atoms with Crippen LogP contribution in [0.3, 0.4) is 0 Å². The lowest BCUT2D eigenvalue weighted by molar-refractivity contribution is 0.187. The van der Waals surface area contributed by atoms with Gasteiger partial charge >= 0.3 is 0 Å². The second-order valence-corrected chi connectivity index (χ2v) is 4.31. The van der Waals surface area contributed by atoms with Crippen molar-refractivity contribution >= 4 is 11.6 Å². The standard InChI is InChI=1S/C11H24ClNO/c1-3-7-13(9-10-14)8-5-11(2)4-6-12/h11,14H,3-10H2,1-2H3. The summed E-state index contributed by atoms with van der Waals surface area (Å²) < 4.78 is 0. The molecule has 0 spiro atoms. The molecule has 0 aliphatic heterocycles. The van der Waals surface area contributed by atoms with Crippen molar-refractivity contribution in [1.29, 1.82) is 0 Å². The molecule has 0 aromatic carbocycles. The van der Waals surface area contributed by atoms with Gasteiger partial charge < -0.3 is 10.0 Å². The summed E-state index contributed by atoms with van der Waals surface area (Å²) in [6.07, 6.45) is 3.44. The molecule has 0 saturated heterocycles. The van der Waals surface area contributed by atoms with Crippen LogP contribution < -0.4 is 0 Å². The van der Waals surface area contributed by atoms with Gasteiger partial charge in [0.05, 0.1) is 6.61 Å². The number of halogens is 1.